The van der Waals surface area contributed by atoms with Crippen LogP contribution in [-0.4, -0.2) is 54.2 Å². The lowest BCUT2D eigenvalue weighted by atomic mass is 10.1. The summed E-state index contributed by atoms with van der Waals surface area (Å²) in [5, 5.41) is 6.91. The molecule has 1 saturated heterocycles. The molecule has 0 saturated carbocycles. The molecule has 1 aliphatic heterocycles. The summed E-state index contributed by atoms with van der Waals surface area (Å²) in [5.74, 6) is -0.249. The van der Waals surface area contributed by atoms with E-state index in [0.717, 1.165) is 16.5 Å². The summed E-state index contributed by atoms with van der Waals surface area (Å²) < 4.78 is 5.30. The van der Waals surface area contributed by atoms with Gasteiger partial charge < -0.3 is 25.3 Å². The molecule has 1 atom stereocenters. The lowest BCUT2D eigenvalue weighted by molar-refractivity contribution is -0.118. The molecule has 0 bridgehead atoms. The number of rotatable bonds is 5. The highest BCUT2D eigenvalue weighted by atomic mass is 16.5. The molecule has 3 amide bonds. The van der Waals surface area contributed by atoms with E-state index in [4.69, 9.17) is 4.74 Å². The van der Waals surface area contributed by atoms with Crippen molar-refractivity contribution in [3.05, 3.63) is 66.4 Å². The number of anilines is 1. The number of ether oxygens (including phenoxy) is 1. The summed E-state index contributed by atoms with van der Waals surface area (Å²) in [4.78, 5) is 30.5. The van der Waals surface area contributed by atoms with Crippen molar-refractivity contribution in [2.24, 2.45) is 0 Å². The summed E-state index contributed by atoms with van der Waals surface area (Å²) in [7, 11) is 0. The van der Waals surface area contributed by atoms with Crippen LogP contribution in [0, 0.1) is 0 Å². The lowest BCUT2D eigenvalue weighted by Gasteiger charge is -2.29. The van der Waals surface area contributed by atoms with E-state index in [-0.39, 0.29) is 11.9 Å². The number of nitrogens with one attached hydrogen (secondary N) is 3. The Balaban J connectivity index is 1.49. The van der Waals surface area contributed by atoms with E-state index >= 15 is 0 Å². The second kappa shape index (κ2) is 8.79. The third-order valence-electron chi connectivity index (χ3n) is 5.02. The van der Waals surface area contributed by atoms with Crippen molar-refractivity contribution in [2.45, 2.75) is 12.5 Å². The van der Waals surface area contributed by atoms with E-state index < -0.39 is 6.04 Å². The zero-order chi connectivity index (χ0) is 20.1. The molecular formula is C22H24N4O3. The van der Waals surface area contributed by atoms with Gasteiger partial charge >= 0.3 is 6.03 Å². The van der Waals surface area contributed by atoms with Crippen molar-refractivity contribution >= 4 is 28.5 Å². The maximum Gasteiger partial charge on any atom is 0.318 e. The molecule has 1 aliphatic rings. The molecule has 0 spiro atoms. The fourth-order valence-corrected chi connectivity index (χ4v) is 3.42. The van der Waals surface area contributed by atoms with Crippen LogP contribution in [0.5, 0.6) is 0 Å². The number of hydrogen-bond donors (Lipinski definition) is 3. The van der Waals surface area contributed by atoms with Gasteiger partial charge in [0, 0.05) is 36.9 Å². The molecule has 2 heterocycles. The summed E-state index contributed by atoms with van der Waals surface area (Å²) in [6.45, 7) is 2.07. The average molecular weight is 392 g/mol. The number of amides is 3. The van der Waals surface area contributed by atoms with Gasteiger partial charge in [0.05, 0.1) is 13.2 Å². The van der Waals surface area contributed by atoms with Crippen LogP contribution in [0.3, 0.4) is 0 Å². The second-order valence-corrected chi connectivity index (χ2v) is 7.06. The minimum Gasteiger partial charge on any atom is -0.378 e. The molecule has 3 N–H and O–H groups in total. The number of hydrogen-bond acceptors (Lipinski definition) is 3. The minimum atomic E-state index is -0.688. The summed E-state index contributed by atoms with van der Waals surface area (Å²) in [5.41, 5.74) is 2.61. The van der Waals surface area contributed by atoms with Crippen molar-refractivity contribution in [1.82, 2.24) is 15.2 Å². The first-order valence-electron chi connectivity index (χ1n) is 9.74. The third kappa shape index (κ3) is 4.75. The van der Waals surface area contributed by atoms with Crippen LogP contribution in [0.25, 0.3) is 10.9 Å². The maximum absolute atomic E-state index is 13.0. The van der Waals surface area contributed by atoms with Gasteiger partial charge in [-0.3, -0.25) is 4.79 Å². The number of morpholine rings is 1. The quantitative estimate of drug-likeness (QED) is 0.624. The van der Waals surface area contributed by atoms with Crippen LogP contribution in [0.4, 0.5) is 10.5 Å². The molecule has 2 aromatic carbocycles. The number of nitrogens with zero attached hydrogens (tertiary/aromatic N) is 1. The predicted molar refractivity (Wildman–Crippen MR) is 112 cm³/mol. The highest BCUT2D eigenvalue weighted by molar-refractivity contribution is 5.98. The lowest BCUT2D eigenvalue weighted by Crippen LogP contribution is -2.53. The number of aromatic nitrogens is 1. The molecular weight excluding hydrogens is 368 g/mol. The topological polar surface area (TPSA) is 86.5 Å². The van der Waals surface area contributed by atoms with Crippen LogP contribution >= 0.6 is 0 Å². The van der Waals surface area contributed by atoms with Crippen LogP contribution < -0.4 is 10.6 Å². The molecule has 7 heteroatoms. The van der Waals surface area contributed by atoms with Gasteiger partial charge in [-0.1, -0.05) is 36.4 Å². The number of fused-ring (bicyclic) bond motifs is 1. The van der Waals surface area contributed by atoms with Crippen LogP contribution in [0.2, 0.25) is 0 Å². The van der Waals surface area contributed by atoms with E-state index in [0.29, 0.717) is 38.4 Å². The van der Waals surface area contributed by atoms with Crippen molar-refractivity contribution in [1.29, 1.82) is 0 Å². The number of benzene rings is 2. The van der Waals surface area contributed by atoms with E-state index in [9.17, 15) is 9.59 Å². The molecule has 4 rings (SSSR count). The minimum absolute atomic E-state index is 0.246. The van der Waals surface area contributed by atoms with E-state index in [1.807, 2.05) is 60.8 Å². The average Bonchev–Trinajstić information content (AvgIpc) is 3.22. The van der Waals surface area contributed by atoms with Crippen molar-refractivity contribution < 1.29 is 14.3 Å². The first-order chi connectivity index (χ1) is 14.2. The van der Waals surface area contributed by atoms with Gasteiger partial charge in [-0.15, -0.1) is 0 Å². The van der Waals surface area contributed by atoms with Gasteiger partial charge in [0.1, 0.15) is 6.04 Å². The normalized spacial score (nSPS) is 15.1. The molecule has 3 aromatic rings. The fourth-order valence-electron chi connectivity index (χ4n) is 3.42. The van der Waals surface area contributed by atoms with Crippen LogP contribution in [-0.2, 0) is 16.0 Å². The van der Waals surface area contributed by atoms with E-state index in [1.165, 1.54) is 0 Å². The number of aromatic amines is 1. The largest absolute Gasteiger partial charge is 0.378 e. The summed E-state index contributed by atoms with van der Waals surface area (Å²) in [6, 6.07) is 16.4. The monoisotopic (exact) mass is 392 g/mol. The Morgan fingerprint density at radius 1 is 1.07 bits per heavy atom. The molecule has 0 aliphatic carbocycles. The number of carbonyl (C=O) groups is 2. The van der Waals surface area contributed by atoms with E-state index in [2.05, 4.69) is 15.6 Å². The summed E-state index contributed by atoms with van der Waals surface area (Å²) >= 11 is 0. The molecule has 150 valence electrons. The molecule has 29 heavy (non-hydrogen) atoms. The van der Waals surface area contributed by atoms with Crippen molar-refractivity contribution in [2.75, 3.05) is 31.6 Å². The predicted octanol–water partition coefficient (Wildman–Crippen LogP) is 2.76. The van der Waals surface area contributed by atoms with Gasteiger partial charge in [-0.05, 0) is 29.1 Å². The Hall–Kier alpha value is -3.32. The number of urea groups is 1. The Morgan fingerprint density at radius 3 is 2.66 bits per heavy atom. The van der Waals surface area contributed by atoms with Crippen LogP contribution in [0.1, 0.15) is 5.56 Å². The van der Waals surface area contributed by atoms with Gasteiger partial charge in [-0.25, -0.2) is 4.79 Å². The zero-order valence-corrected chi connectivity index (χ0v) is 16.1. The van der Waals surface area contributed by atoms with Crippen molar-refractivity contribution in [3.63, 3.8) is 0 Å². The van der Waals surface area contributed by atoms with Crippen molar-refractivity contribution in [3.8, 4) is 0 Å². The first kappa shape index (κ1) is 19.0. The number of H-pyrrole nitrogens is 1. The fraction of sp³-hybridized carbons (Fsp3) is 0.273. The maximum atomic E-state index is 13.0. The van der Waals surface area contributed by atoms with Gasteiger partial charge in [0.25, 0.3) is 0 Å². The van der Waals surface area contributed by atoms with Gasteiger partial charge in [0.15, 0.2) is 0 Å². The Kier molecular flexibility index (Phi) is 5.76. The zero-order valence-electron chi connectivity index (χ0n) is 16.1. The Labute approximate surface area is 169 Å². The van der Waals surface area contributed by atoms with Crippen LogP contribution in [0.15, 0.2) is 60.8 Å². The Bertz CT molecular complexity index is 980. The Morgan fingerprint density at radius 2 is 1.86 bits per heavy atom. The second-order valence-electron chi connectivity index (χ2n) is 7.06. The molecule has 1 fully saturated rings. The standard InChI is InChI=1S/C22H24N4O3/c27-21(24-18-7-6-17-8-9-23-19(17)15-18)20(14-16-4-2-1-3-5-16)25-22(28)26-10-12-29-13-11-26/h1-9,15,20,23H,10-14H2,(H,24,27)(H,25,28). The first-order valence-corrected chi connectivity index (χ1v) is 9.74. The van der Waals surface area contributed by atoms with Gasteiger partial charge in [-0.2, -0.15) is 0 Å². The molecule has 1 unspecified atom stereocenters. The molecule has 7 nitrogen and oxygen atoms in total. The van der Waals surface area contributed by atoms with Gasteiger partial charge in [0.2, 0.25) is 5.91 Å². The van der Waals surface area contributed by atoms with E-state index in [1.54, 1.807) is 4.90 Å². The summed E-state index contributed by atoms with van der Waals surface area (Å²) in [6.07, 6.45) is 2.27. The highest BCUT2D eigenvalue weighted by Gasteiger charge is 2.25. The smallest absolute Gasteiger partial charge is 0.318 e. The third-order valence-corrected chi connectivity index (χ3v) is 5.02. The molecule has 1 aromatic heterocycles. The molecule has 0 radical (unpaired) electrons. The highest BCUT2D eigenvalue weighted by Crippen LogP contribution is 2.18. The number of carbonyl (C=O) groups excluding carboxylic acids is 2. The SMILES string of the molecule is O=C(Nc1ccc2cc[nH]c2c1)C(Cc1ccccc1)NC(=O)N1CCOCC1.